The summed E-state index contributed by atoms with van der Waals surface area (Å²) in [6, 6.07) is 11.6. The maximum Gasteiger partial charge on any atom is 0.286 e. The van der Waals surface area contributed by atoms with Gasteiger partial charge in [-0.25, -0.2) is 8.78 Å². The average molecular weight is 734 g/mol. The molecule has 4 aromatic rings. The van der Waals surface area contributed by atoms with Gasteiger partial charge >= 0.3 is 0 Å². The van der Waals surface area contributed by atoms with Gasteiger partial charge in [0.2, 0.25) is 6.29 Å². The van der Waals surface area contributed by atoms with Gasteiger partial charge < -0.3 is 29.3 Å². The van der Waals surface area contributed by atoms with Gasteiger partial charge in [0.1, 0.15) is 0 Å². The van der Waals surface area contributed by atoms with Gasteiger partial charge in [-0.1, -0.05) is 13.8 Å². The Kier molecular flexibility index (Phi) is 12.8. The molecule has 284 valence electrons. The largest absolute Gasteiger partial charge is 0.493 e. The van der Waals surface area contributed by atoms with Crippen LogP contribution in [-0.2, 0) is 20.7 Å². The van der Waals surface area contributed by atoms with Crippen LogP contribution in [0.25, 0.3) is 10.8 Å². The molecular formula is C39H49F2N7O5. The number of amides is 1. The van der Waals surface area contributed by atoms with Crippen LogP contribution in [0.5, 0.6) is 11.5 Å². The van der Waals surface area contributed by atoms with Crippen molar-refractivity contribution >= 4 is 34.5 Å². The van der Waals surface area contributed by atoms with E-state index in [0.29, 0.717) is 68.5 Å². The number of carbonyl (C=O) groups is 2. The third-order valence-corrected chi connectivity index (χ3v) is 10.5. The molecule has 2 aliphatic heterocycles. The fraction of sp³-hybridized carbons (Fsp3) is 0.462. The number of rotatable bonds is 11. The monoisotopic (exact) mass is 733 g/mol. The van der Waals surface area contributed by atoms with E-state index in [9.17, 15) is 18.4 Å². The fourth-order valence-electron chi connectivity index (χ4n) is 6.38. The first kappa shape index (κ1) is 39.3. The number of piperazine rings is 1. The van der Waals surface area contributed by atoms with Crippen LogP contribution < -0.4 is 19.7 Å². The van der Waals surface area contributed by atoms with E-state index in [1.54, 1.807) is 31.5 Å². The molecule has 0 bridgehead atoms. The number of carbonyl (C=O) groups excluding carboxylic acids is 2. The lowest BCUT2D eigenvalue weighted by Crippen LogP contribution is -2.59. The van der Waals surface area contributed by atoms with Gasteiger partial charge in [0.05, 0.1) is 32.6 Å². The highest BCUT2D eigenvalue weighted by Gasteiger charge is 2.43. The number of aromatic nitrogens is 3. The molecule has 2 aliphatic rings. The van der Waals surface area contributed by atoms with E-state index in [2.05, 4.69) is 52.9 Å². The summed E-state index contributed by atoms with van der Waals surface area (Å²) in [5.74, 6) is -0.159. The second kappa shape index (κ2) is 17.3. The molecule has 6 rings (SSSR count). The zero-order valence-corrected chi connectivity index (χ0v) is 31.3. The fourth-order valence-corrected chi connectivity index (χ4v) is 6.38. The van der Waals surface area contributed by atoms with E-state index in [0.717, 1.165) is 60.5 Å². The first-order valence-electron chi connectivity index (χ1n) is 17.7. The van der Waals surface area contributed by atoms with Crippen molar-refractivity contribution in [2.75, 3.05) is 83.5 Å². The Morgan fingerprint density at radius 1 is 0.906 bits per heavy atom. The van der Waals surface area contributed by atoms with E-state index in [1.807, 2.05) is 24.3 Å². The summed E-state index contributed by atoms with van der Waals surface area (Å²) in [5.41, 5.74) is 2.13. The Bertz CT molecular complexity index is 1860. The molecule has 2 saturated heterocycles. The Morgan fingerprint density at radius 2 is 1.58 bits per heavy atom. The molecule has 2 fully saturated rings. The minimum absolute atomic E-state index is 0.131. The quantitative estimate of drug-likeness (QED) is 0.166. The van der Waals surface area contributed by atoms with Crippen molar-refractivity contribution in [3.63, 3.8) is 0 Å². The zero-order valence-electron chi connectivity index (χ0n) is 31.3. The molecule has 0 spiro atoms. The van der Waals surface area contributed by atoms with E-state index >= 15 is 0 Å². The van der Waals surface area contributed by atoms with Crippen LogP contribution in [0.15, 0.2) is 54.9 Å². The van der Waals surface area contributed by atoms with Crippen LogP contribution in [-0.4, -0.2) is 116 Å². The van der Waals surface area contributed by atoms with Crippen LogP contribution >= 0.6 is 0 Å². The van der Waals surface area contributed by atoms with Crippen molar-refractivity contribution in [2.45, 2.75) is 39.7 Å². The number of nitrogens with one attached hydrogen (secondary N) is 1. The summed E-state index contributed by atoms with van der Waals surface area (Å²) in [7, 11) is 3.30. The van der Waals surface area contributed by atoms with Crippen molar-refractivity contribution in [3.05, 3.63) is 77.8 Å². The normalized spacial score (nSPS) is 15.4. The van der Waals surface area contributed by atoms with Gasteiger partial charge in [0.25, 0.3) is 5.91 Å². The van der Waals surface area contributed by atoms with Crippen molar-refractivity contribution in [1.82, 2.24) is 25.0 Å². The number of hydrogen-bond donors (Lipinski definition) is 1. The number of morpholine rings is 1. The minimum atomic E-state index is -0.827. The van der Waals surface area contributed by atoms with E-state index in [4.69, 9.17) is 19.3 Å². The molecule has 53 heavy (non-hydrogen) atoms. The lowest BCUT2D eigenvalue weighted by molar-refractivity contribution is -0.139. The highest BCUT2D eigenvalue weighted by molar-refractivity contribution is 6.23. The number of hydrogen-bond acceptors (Lipinski definition) is 11. The second-order valence-electron chi connectivity index (χ2n) is 14.2. The van der Waals surface area contributed by atoms with Gasteiger partial charge in [-0.15, -0.1) is 5.10 Å². The molecule has 4 heterocycles. The molecule has 0 saturated carbocycles. The predicted molar refractivity (Wildman–Crippen MR) is 200 cm³/mol. The van der Waals surface area contributed by atoms with Crippen molar-refractivity contribution < 1.29 is 32.6 Å². The van der Waals surface area contributed by atoms with Gasteiger partial charge in [-0.2, -0.15) is 5.10 Å². The molecule has 2 aromatic carbocycles. The molecule has 0 radical (unpaired) electrons. The summed E-state index contributed by atoms with van der Waals surface area (Å²) < 4.78 is 42.6. The number of nitrogens with zero attached hydrogens (tertiary/aromatic N) is 6. The molecule has 0 aliphatic carbocycles. The Hall–Kier alpha value is -4.95. The maximum absolute atomic E-state index is 12.4. The molecule has 1 N–H and O–H groups in total. The Balaban J connectivity index is 0.000000469. The van der Waals surface area contributed by atoms with Crippen LogP contribution in [0.3, 0.4) is 0 Å². The topological polar surface area (TPSA) is 122 Å². The smallest absolute Gasteiger partial charge is 0.286 e. The lowest BCUT2D eigenvalue weighted by atomic mass is 9.73. The van der Waals surface area contributed by atoms with Crippen LogP contribution in [0.2, 0.25) is 0 Å². The molecule has 0 atom stereocenters. The second-order valence-corrected chi connectivity index (χ2v) is 14.2. The summed E-state index contributed by atoms with van der Waals surface area (Å²) in [6.45, 7) is 14.7. The lowest BCUT2D eigenvalue weighted by Gasteiger charge is -2.50. The number of fused-ring (bicyclic) bond motifs is 1. The summed E-state index contributed by atoms with van der Waals surface area (Å²) in [6.07, 6.45) is 4.49. The summed E-state index contributed by atoms with van der Waals surface area (Å²) in [5, 5.41) is 13.9. The average Bonchev–Trinajstić information content (AvgIpc) is 3.18. The Morgan fingerprint density at radius 3 is 2.21 bits per heavy atom. The van der Waals surface area contributed by atoms with Gasteiger partial charge in [0, 0.05) is 92.5 Å². The number of pyridine rings is 1. The van der Waals surface area contributed by atoms with Crippen LogP contribution in [0.4, 0.5) is 20.3 Å². The van der Waals surface area contributed by atoms with Gasteiger partial charge in [-0.3, -0.25) is 19.5 Å². The molecule has 2 aromatic heterocycles. The van der Waals surface area contributed by atoms with E-state index < -0.39 is 17.5 Å². The number of aldehydes is 1. The van der Waals surface area contributed by atoms with Gasteiger partial charge in [0.15, 0.2) is 29.0 Å². The number of ether oxygens (including phenoxy) is 3. The molecule has 12 nitrogen and oxygen atoms in total. The van der Waals surface area contributed by atoms with Gasteiger partial charge in [-0.05, 0) is 61.9 Å². The van der Waals surface area contributed by atoms with E-state index in [1.165, 1.54) is 6.07 Å². The highest BCUT2D eigenvalue weighted by atomic mass is 19.2. The number of methoxy groups -OCH3 is 1. The third kappa shape index (κ3) is 9.17. The first-order valence-corrected chi connectivity index (χ1v) is 17.7. The third-order valence-electron chi connectivity index (χ3n) is 10.5. The zero-order chi connectivity index (χ0) is 38.2. The molecule has 1 amide bonds. The molecular weight excluding hydrogens is 684 g/mol. The number of halogens is 2. The highest BCUT2D eigenvalue weighted by Crippen LogP contribution is 2.41. The minimum Gasteiger partial charge on any atom is -0.493 e. The van der Waals surface area contributed by atoms with Crippen LogP contribution in [0, 0.1) is 17.0 Å². The van der Waals surface area contributed by atoms with Crippen molar-refractivity contribution in [3.8, 4) is 11.5 Å². The van der Waals surface area contributed by atoms with E-state index in [-0.39, 0.29) is 11.0 Å². The summed E-state index contributed by atoms with van der Waals surface area (Å²) >= 11 is 0. The Labute approximate surface area is 309 Å². The predicted octanol–water partition coefficient (Wildman–Crippen LogP) is 4.99. The SMILES string of the molecule is CNc1ccc(F)c(F)c1.COc1cc2c(Cc3ccncc3)nnc(N3CCN(C(=O)C=O)CC3)c2cc1OCC(C)(C)C(C)(C)N1CCOCC1. The molecule has 14 heteroatoms. The van der Waals surface area contributed by atoms with Crippen LogP contribution in [0.1, 0.15) is 39.0 Å². The first-order chi connectivity index (χ1) is 25.4. The maximum atomic E-state index is 12.4. The van der Waals surface area contributed by atoms with Crippen molar-refractivity contribution in [1.29, 1.82) is 0 Å². The summed E-state index contributed by atoms with van der Waals surface area (Å²) in [4.78, 5) is 33.3. The molecule has 0 unspecified atom stereocenters. The standard InChI is InChI=1S/C32H42N6O5.C7H7F2N/c1-31(2,32(3,4)38-14-16-42-17-15-38)22-43-28-20-25-24(19-27(28)41-5)26(18-23-6-8-33-9-7-23)34-35-30(25)37-12-10-36(11-13-37)29(40)21-39;1-10-5-2-3-6(8)7(9)4-5/h6-9,19-21H,10-18,22H2,1-5H3;2-4,10H,1H3. The number of benzene rings is 2. The van der Waals surface area contributed by atoms with Crippen molar-refractivity contribution in [2.24, 2.45) is 5.41 Å². The number of anilines is 2.